The van der Waals surface area contributed by atoms with Gasteiger partial charge in [0.05, 0.1) is 11.3 Å². The van der Waals surface area contributed by atoms with E-state index in [0.29, 0.717) is 37.4 Å². The van der Waals surface area contributed by atoms with Crippen molar-refractivity contribution >= 4 is 11.8 Å². The van der Waals surface area contributed by atoms with Crippen molar-refractivity contribution in [3.05, 3.63) is 41.8 Å². The summed E-state index contributed by atoms with van der Waals surface area (Å²) in [6.45, 7) is 4.75. The number of aryl methyl sites for hydroxylation is 1. The largest absolute Gasteiger partial charge is 0.390 e. The van der Waals surface area contributed by atoms with Crippen molar-refractivity contribution in [3.8, 4) is 5.69 Å². The SMILES string of the molecule is Cc1cc(NC(=O)N2CCCC(C)(O)CC2)nn1-c1cccc(F)c1. The van der Waals surface area contributed by atoms with Crippen LogP contribution in [0, 0.1) is 12.7 Å². The molecule has 0 spiro atoms. The number of rotatable bonds is 2. The monoisotopic (exact) mass is 346 g/mol. The molecule has 1 aromatic heterocycles. The second kappa shape index (κ2) is 6.84. The molecule has 3 rings (SSSR count). The molecular formula is C18H23FN4O2. The number of halogens is 1. The van der Waals surface area contributed by atoms with E-state index in [1.54, 1.807) is 34.7 Å². The number of hydrogen-bond acceptors (Lipinski definition) is 3. The highest BCUT2D eigenvalue weighted by molar-refractivity contribution is 5.88. The molecule has 2 heterocycles. The summed E-state index contributed by atoms with van der Waals surface area (Å²) in [6.07, 6.45) is 2.00. The number of aliphatic hydroxyl groups is 1. The molecule has 1 aliphatic rings. The maximum atomic E-state index is 13.4. The van der Waals surface area contributed by atoms with Crippen LogP contribution in [-0.4, -0.2) is 44.5 Å². The van der Waals surface area contributed by atoms with Crippen molar-refractivity contribution in [2.75, 3.05) is 18.4 Å². The van der Waals surface area contributed by atoms with Gasteiger partial charge in [-0.25, -0.2) is 13.9 Å². The van der Waals surface area contributed by atoms with Crippen molar-refractivity contribution in [2.45, 2.75) is 38.7 Å². The smallest absolute Gasteiger partial charge is 0.323 e. The van der Waals surface area contributed by atoms with Gasteiger partial charge in [0.2, 0.25) is 0 Å². The molecule has 134 valence electrons. The molecule has 0 radical (unpaired) electrons. The summed E-state index contributed by atoms with van der Waals surface area (Å²) in [5.74, 6) is 0.0809. The second-order valence-electron chi connectivity index (χ2n) is 6.83. The average Bonchev–Trinajstić information content (AvgIpc) is 2.79. The Labute approximate surface area is 146 Å². The Balaban J connectivity index is 1.71. The number of benzene rings is 1. The number of amides is 2. The minimum atomic E-state index is -0.718. The van der Waals surface area contributed by atoms with Crippen molar-refractivity contribution in [2.24, 2.45) is 0 Å². The van der Waals surface area contributed by atoms with Crippen LogP contribution < -0.4 is 5.32 Å². The van der Waals surface area contributed by atoms with Crippen molar-refractivity contribution in [1.82, 2.24) is 14.7 Å². The molecule has 1 fully saturated rings. The highest BCUT2D eigenvalue weighted by Crippen LogP contribution is 2.22. The number of anilines is 1. The Hall–Kier alpha value is -2.41. The fourth-order valence-corrected chi connectivity index (χ4v) is 3.06. The second-order valence-corrected chi connectivity index (χ2v) is 6.83. The van der Waals surface area contributed by atoms with Crippen LogP contribution in [0.1, 0.15) is 31.9 Å². The van der Waals surface area contributed by atoms with Gasteiger partial charge in [-0.1, -0.05) is 6.07 Å². The van der Waals surface area contributed by atoms with Crippen LogP contribution in [0.25, 0.3) is 5.69 Å². The molecule has 7 heteroatoms. The fraction of sp³-hybridized carbons (Fsp3) is 0.444. The van der Waals surface area contributed by atoms with Gasteiger partial charge in [-0.15, -0.1) is 5.10 Å². The molecule has 1 atom stereocenters. The third kappa shape index (κ3) is 4.17. The van der Waals surface area contributed by atoms with Gasteiger partial charge in [0.25, 0.3) is 0 Å². The van der Waals surface area contributed by atoms with Crippen LogP contribution in [0.2, 0.25) is 0 Å². The molecule has 1 aliphatic heterocycles. The number of nitrogens with zero attached hydrogens (tertiary/aromatic N) is 3. The lowest BCUT2D eigenvalue weighted by Gasteiger charge is -2.22. The van der Waals surface area contributed by atoms with Crippen LogP contribution in [0.3, 0.4) is 0 Å². The van der Waals surface area contributed by atoms with E-state index in [9.17, 15) is 14.3 Å². The van der Waals surface area contributed by atoms with Crippen molar-refractivity contribution in [3.63, 3.8) is 0 Å². The van der Waals surface area contributed by atoms with E-state index in [2.05, 4.69) is 10.4 Å². The first kappa shape index (κ1) is 17.4. The number of carbonyl (C=O) groups is 1. The van der Waals surface area contributed by atoms with Gasteiger partial charge in [0.1, 0.15) is 5.82 Å². The Morgan fingerprint density at radius 3 is 2.88 bits per heavy atom. The van der Waals surface area contributed by atoms with Crippen molar-refractivity contribution < 1.29 is 14.3 Å². The van der Waals surface area contributed by atoms with Gasteiger partial charge in [0.15, 0.2) is 5.82 Å². The molecule has 0 aliphatic carbocycles. The maximum Gasteiger partial charge on any atom is 0.323 e. The molecule has 25 heavy (non-hydrogen) atoms. The van der Waals surface area contributed by atoms with E-state index < -0.39 is 5.60 Å². The van der Waals surface area contributed by atoms with Crippen LogP contribution in [-0.2, 0) is 0 Å². The molecule has 1 unspecified atom stereocenters. The zero-order valence-electron chi connectivity index (χ0n) is 14.5. The van der Waals surface area contributed by atoms with Gasteiger partial charge in [-0.05, 0) is 51.3 Å². The van der Waals surface area contributed by atoms with E-state index in [4.69, 9.17) is 0 Å². The first-order valence-electron chi connectivity index (χ1n) is 8.45. The molecule has 6 nitrogen and oxygen atoms in total. The molecule has 2 N–H and O–H groups in total. The Bertz CT molecular complexity index is 772. The predicted octanol–water partition coefficient (Wildman–Crippen LogP) is 3.09. The summed E-state index contributed by atoms with van der Waals surface area (Å²) in [5.41, 5.74) is 0.674. The highest BCUT2D eigenvalue weighted by atomic mass is 19.1. The fourth-order valence-electron chi connectivity index (χ4n) is 3.06. The number of urea groups is 1. The van der Waals surface area contributed by atoms with Gasteiger partial charge in [0, 0.05) is 24.8 Å². The van der Waals surface area contributed by atoms with Gasteiger partial charge < -0.3 is 10.0 Å². The lowest BCUT2D eigenvalue weighted by atomic mass is 9.98. The quantitative estimate of drug-likeness (QED) is 0.878. The Morgan fingerprint density at radius 2 is 2.12 bits per heavy atom. The minimum absolute atomic E-state index is 0.235. The molecule has 1 aromatic carbocycles. The lowest BCUT2D eigenvalue weighted by Crippen LogP contribution is -2.36. The first-order chi connectivity index (χ1) is 11.8. The number of hydrogen-bond donors (Lipinski definition) is 2. The summed E-state index contributed by atoms with van der Waals surface area (Å²) in [5, 5.41) is 17.3. The van der Waals surface area contributed by atoms with Crippen LogP contribution >= 0.6 is 0 Å². The molecule has 0 saturated carbocycles. The van der Waals surface area contributed by atoms with Gasteiger partial charge in [-0.3, -0.25) is 5.32 Å². The first-order valence-corrected chi connectivity index (χ1v) is 8.45. The van der Waals surface area contributed by atoms with E-state index >= 15 is 0 Å². The molecule has 2 aromatic rings. The third-order valence-corrected chi connectivity index (χ3v) is 4.53. The van der Waals surface area contributed by atoms with Crippen molar-refractivity contribution in [1.29, 1.82) is 0 Å². The molecule has 2 amide bonds. The number of nitrogens with one attached hydrogen (secondary N) is 1. The normalized spacial score (nSPS) is 21.0. The van der Waals surface area contributed by atoms with Crippen LogP contribution in [0.4, 0.5) is 15.0 Å². The number of likely N-dealkylation sites (tertiary alicyclic amines) is 1. The van der Waals surface area contributed by atoms with Gasteiger partial charge in [-0.2, -0.15) is 0 Å². The summed E-state index contributed by atoms with van der Waals surface area (Å²) < 4.78 is 15.0. The van der Waals surface area contributed by atoms with Crippen LogP contribution in [0.5, 0.6) is 0 Å². The Morgan fingerprint density at radius 1 is 1.32 bits per heavy atom. The molecular weight excluding hydrogens is 323 g/mol. The van der Waals surface area contributed by atoms with Crippen LogP contribution in [0.15, 0.2) is 30.3 Å². The van der Waals surface area contributed by atoms with E-state index in [0.717, 1.165) is 12.1 Å². The number of aromatic nitrogens is 2. The third-order valence-electron chi connectivity index (χ3n) is 4.53. The number of carbonyl (C=O) groups excluding carboxylic acids is 1. The van der Waals surface area contributed by atoms with E-state index in [1.165, 1.54) is 12.1 Å². The zero-order valence-corrected chi connectivity index (χ0v) is 14.5. The topological polar surface area (TPSA) is 70.4 Å². The van der Waals surface area contributed by atoms with Gasteiger partial charge >= 0.3 is 6.03 Å². The lowest BCUT2D eigenvalue weighted by molar-refractivity contribution is 0.0458. The average molecular weight is 346 g/mol. The summed E-state index contributed by atoms with van der Waals surface area (Å²) >= 11 is 0. The standard InChI is InChI=1S/C18H23FN4O2/c1-13-11-16(21-23(13)15-6-3-5-14(19)12-15)20-17(24)22-9-4-7-18(2,25)8-10-22/h3,5-6,11-12,25H,4,7-10H2,1-2H3,(H,20,21,24). The molecule has 1 saturated heterocycles. The van der Waals surface area contributed by atoms with E-state index in [1.807, 2.05) is 6.92 Å². The Kier molecular flexibility index (Phi) is 4.76. The maximum absolute atomic E-state index is 13.4. The zero-order chi connectivity index (χ0) is 18.0. The molecule has 0 bridgehead atoms. The summed E-state index contributed by atoms with van der Waals surface area (Å²) in [4.78, 5) is 14.2. The summed E-state index contributed by atoms with van der Waals surface area (Å²) in [7, 11) is 0. The minimum Gasteiger partial charge on any atom is -0.390 e. The highest BCUT2D eigenvalue weighted by Gasteiger charge is 2.27. The summed E-state index contributed by atoms with van der Waals surface area (Å²) in [6, 6.07) is 7.65. The van der Waals surface area contributed by atoms with E-state index in [-0.39, 0.29) is 11.8 Å². The predicted molar refractivity (Wildman–Crippen MR) is 93.3 cm³/mol.